The van der Waals surface area contributed by atoms with Crippen LogP contribution in [0.2, 0.25) is 0 Å². The van der Waals surface area contributed by atoms with Gasteiger partial charge < -0.3 is 9.52 Å². The molecule has 0 radical (unpaired) electrons. The smallest absolute Gasteiger partial charge is 0.197 e. The van der Waals surface area contributed by atoms with Gasteiger partial charge in [0.25, 0.3) is 0 Å². The molecule has 1 aromatic rings. The first-order chi connectivity index (χ1) is 7.16. The number of nitrogens with zero attached hydrogens (tertiary/aromatic N) is 1. The molecule has 15 heavy (non-hydrogen) atoms. The Morgan fingerprint density at radius 3 is 2.53 bits per heavy atom. The van der Waals surface area contributed by atoms with Crippen LogP contribution >= 0.6 is 0 Å². The van der Waals surface area contributed by atoms with Crippen LogP contribution in [-0.2, 0) is 0 Å². The fraction of sp³-hybridized carbons (Fsp3) is 0.750. The average Bonchev–Trinajstić information content (AvgIpc) is 2.68. The summed E-state index contributed by atoms with van der Waals surface area (Å²) in [6.07, 6.45) is 5.41. The summed E-state index contributed by atoms with van der Waals surface area (Å²) in [5, 5.41) is 9.42. The van der Waals surface area contributed by atoms with E-state index in [1.165, 1.54) is 0 Å². The average molecular weight is 209 g/mol. The van der Waals surface area contributed by atoms with E-state index in [0.29, 0.717) is 11.8 Å². The van der Waals surface area contributed by atoms with Crippen molar-refractivity contribution in [1.82, 2.24) is 4.98 Å². The van der Waals surface area contributed by atoms with Crippen LogP contribution in [-0.4, -0.2) is 16.2 Å². The minimum atomic E-state index is -0.110. The summed E-state index contributed by atoms with van der Waals surface area (Å²) in [7, 11) is 0. The third-order valence-corrected chi connectivity index (χ3v) is 3.18. The standard InChI is InChI=1S/C12H19NO2/c1-8(2)11-7-15-12(13-11)9-3-5-10(14)6-4-9/h7-10,14H,3-6H2,1-2H3. The molecule has 0 atom stereocenters. The van der Waals surface area contributed by atoms with Crippen molar-refractivity contribution in [2.75, 3.05) is 0 Å². The third-order valence-electron chi connectivity index (χ3n) is 3.18. The van der Waals surface area contributed by atoms with Crippen LogP contribution in [0.1, 0.15) is 63.0 Å². The Bertz CT molecular complexity index is 311. The predicted octanol–water partition coefficient (Wildman–Crippen LogP) is 2.82. The van der Waals surface area contributed by atoms with Gasteiger partial charge in [-0.15, -0.1) is 0 Å². The molecule has 1 heterocycles. The summed E-state index contributed by atoms with van der Waals surface area (Å²) in [5.74, 6) is 1.71. The number of oxazole rings is 1. The Kier molecular flexibility index (Phi) is 3.10. The minimum Gasteiger partial charge on any atom is -0.448 e. The molecule has 0 aliphatic heterocycles. The largest absolute Gasteiger partial charge is 0.448 e. The van der Waals surface area contributed by atoms with Crippen molar-refractivity contribution in [1.29, 1.82) is 0 Å². The first-order valence-electron chi connectivity index (χ1n) is 5.80. The van der Waals surface area contributed by atoms with E-state index in [1.54, 1.807) is 6.26 Å². The van der Waals surface area contributed by atoms with E-state index in [4.69, 9.17) is 4.42 Å². The lowest BCUT2D eigenvalue weighted by molar-refractivity contribution is 0.118. The molecule has 1 saturated carbocycles. The number of aliphatic hydroxyl groups is 1. The van der Waals surface area contributed by atoms with Gasteiger partial charge in [-0.3, -0.25) is 0 Å². The molecule has 0 spiro atoms. The number of rotatable bonds is 2. The van der Waals surface area contributed by atoms with Gasteiger partial charge in [-0.2, -0.15) is 0 Å². The number of aliphatic hydroxyl groups excluding tert-OH is 1. The van der Waals surface area contributed by atoms with Crippen molar-refractivity contribution >= 4 is 0 Å². The van der Waals surface area contributed by atoms with Crippen molar-refractivity contribution in [3.8, 4) is 0 Å². The molecule has 0 amide bonds. The topological polar surface area (TPSA) is 46.3 Å². The van der Waals surface area contributed by atoms with Crippen LogP contribution in [0.3, 0.4) is 0 Å². The van der Waals surface area contributed by atoms with Crippen LogP contribution in [0.4, 0.5) is 0 Å². The van der Waals surface area contributed by atoms with Crippen LogP contribution in [0.25, 0.3) is 0 Å². The second kappa shape index (κ2) is 4.35. The van der Waals surface area contributed by atoms with Crippen LogP contribution < -0.4 is 0 Å². The zero-order valence-electron chi connectivity index (χ0n) is 9.44. The van der Waals surface area contributed by atoms with Gasteiger partial charge in [-0.05, 0) is 31.6 Å². The number of aromatic nitrogens is 1. The highest BCUT2D eigenvalue weighted by Crippen LogP contribution is 2.32. The summed E-state index contributed by atoms with van der Waals surface area (Å²) in [6, 6.07) is 0. The molecule has 1 aliphatic rings. The number of hydrogen-bond acceptors (Lipinski definition) is 3. The minimum absolute atomic E-state index is 0.110. The van der Waals surface area contributed by atoms with Gasteiger partial charge >= 0.3 is 0 Å². The summed E-state index contributed by atoms with van der Waals surface area (Å²) in [5.41, 5.74) is 1.04. The normalized spacial score (nSPS) is 27.2. The SMILES string of the molecule is CC(C)c1coc(C2CCC(O)CC2)n1. The van der Waals surface area contributed by atoms with Gasteiger partial charge in [0.05, 0.1) is 11.8 Å². The third kappa shape index (κ3) is 2.40. The van der Waals surface area contributed by atoms with Gasteiger partial charge in [0, 0.05) is 5.92 Å². The summed E-state index contributed by atoms with van der Waals surface area (Å²) >= 11 is 0. The van der Waals surface area contributed by atoms with Gasteiger partial charge in [0.2, 0.25) is 0 Å². The zero-order valence-corrected chi connectivity index (χ0v) is 9.44. The Labute approximate surface area is 90.5 Å². The van der Waals surface area contributed by atoms with E-state index in [0.717, 1.165) is 37.3 Å². The fourth-order valence-corrected chi connectivity index (χ4v) is 2.08. The summed E-state index contributed by atoms with van der Waals surface area (Å²) in [4.78, 5) is 4.51. The molecule has 2 rings (SSSR count). The molecular formula is C12H19NO2. The van der Waals surface area contributed by atoms with E-state index in [9.17, 15) is 5.11 Å². The second-order valence-electron chi connectivity index (χ2n) is 4.77. The molecule has 0 bridgehead atoms. The molecule has 1 fully saturated rings. The highest BCUT2D eigenvalue weighted by atomic mass is 16.3. The maximum absolute atomic E-state index is 9.42. The van der Waals surface area contributed by atoms with E-state index < -0.39 is 0 Å². The van der Waals surface area contributed by atoms with Gasteiger partial charge in [0.15, 0.2) is 5.89 Å². The highest BCUT2D eigenvalue weighted by Gasteiger charge is 2.24. The molecule has 3 nitrogen and oxygen atoms in total. The molecule has 1 aromatic heterocycles. The zero-order chi connectivity index (χ0) is 10.8. The van der Waals surface area contributed by atoms with E-state index in [1.807, 2.05) is 0 Å². The van der Waals surface area contributed by atoms with Gasteiger partial charge in [-0.1, -0.05) is 13.8 Å². The fourth-order valence-electron chi connectivity index (χ4n) is 2.08. The molecule has 1 aliphatic carbocycles. The maximum Gasteiger partial charge on any atom is 0.197 e. The predicted molar refractivity (Wildman–Crippen MR) is 57.8 cm³/mol. The molecule has 3 heteroatoms. The van der Waals surface area contributed by atoms with Crippen LogP contribution in [0.5, 0.6) is 0 Å². The van der Waals surface area contributed by atoms with Crippen molar-refractivity contribution < 1.29 is 9.52 Å². The van der Waals surface area contributed by atoms with Crippen molar-refractivity contribution in [2.45, 2.75) is 57.5 Å². The number of hydrogen-bond donors (Lipinski definition) is 1. The second-order valence-corrected chi connectivity index (χ2v) is 4.77. The highest BCUT2D eigenvalue weighted by molar-refractivity contribution is 5.05. The molecule has 0 saturated heterocycles. The molecular weight excluding hydrogens is 190 g/mol. The van der Waals surface area contributed by atoms with Gasteiger partial charge in [-0.25, -0.2) is 4.98 Å². The van der Waals surface area contributed by atoms with Crippen LogP contribution in [0, 0.1) is 0 Å². The Morgan fingerprint density at radius 1 is 1.33 bits per heavy atom. The first-order valence-corrected chi connectivity index (χ1v) is 5.80. The van der Waals surface area contributed by atoms with Crippen molar-refractivity contribution in [3.05, 3.63) is 17.8 Å². The van der Waals surface area contributed by atoms with Gasteiger partial charge in [0.1, 0.15) is 6.26 Å². The quantitative estimate of drug-likeness (QED) is 0.814. The molecule has 0 aromatic carbocycles. The van der Waals surface area contributed by atoms with Crippen molar-refractivity contribution in [3.63, 3.8) is 0 Å². The lowest BCUT2D eigenvalue weighted by atomic mass is 9.87. The Balaban J connectivity index is 2.03. The molecule has 0 unspecified atom stereocenters. The van der Waals surface area contributed by atoms with Crippen LogP contribution in [0.15, 0.2) is 10.7 Å². The van der Waals surface area contributed by atoms with E-state index >= 15 is 0 Å². The monoisotopic (exact) mass is 209 g/mol. The Hall–Kier alpha value is -0.830. The lowest BCUT2D eigenvalue weighted by Gasteiger charge is -2.22. The lowest BCUT2D eigenvalue weighted by Crippen LogP contribution is -2.17. The first kappa shape index (κ1) is 10.7. The molecule has 84 valence electrons. The molecule has 1 N–H and O–H groups in total. The van der Waals surface area contributed by atoms with Crippen molar-refractivity contribution in [2.24, 2.45) is 0 Å². The van der Waals surface area contributed by atoms with E-state index in [2.05, 4.69) is 18.8 Å². The van der Waals surface area contributed by atoms with E-state index in [-0.39, 0.29) is 6.10 Å². The maximum atomic E-state index is 9.42. The summed E-state index contributed by atoms with van der Waals surface area (Å²) < 4.78 is 5.51. The Morgan fingerprint density at radius 2 is 2.00 bits per heavy atom. The summed E-state index contributed by atoms with van der Waals surface area (Å²) in [6.45, 7) is 4.23.